The summed E-state index contributed by atoms with van der Waals surface area (Å²) in [5, 5.41) is 0.531. The van der Waals surface area contributed by atoms with Crippen molar-refractivity contribution in [3.8, 4) is 11.4 Å². The number of rotatable bonds is 11. The molecule has 0 bridgehead atoms. The number of benzene rings is 2. The van der Waals surface area contributed by atoms with Crippen molar-refractivity contribution in [1.82, 2.24) is 14.5 Å². The second-order valence-corrected chi connectivity index (χ2v) is 9.00. The lowest BCUT2D eigenvalue weighted by Gasteiger charge is -2.27. The van der Waals surface area contributed by atoms with Crippen LogP contribution in [0.4, 0.5) is 0 Å². The van der Waals surface area contributed by atoms with Gasteiger partial charge in [-0.2, -0.15) is 0 Å². The molecule has 2 aromatic carbocycles. The van der Waals surface area contributed by atoms with Gasteiger partial charge in [-0.05, 0) is 50.1 Å². The minimum absolute atomic E-state index is 0.0631. The van der Waals surface area contributed by atoms with E-state index in [2.05, 4.69) is 6.92 Å². The normalized spacial score (nSPS) is 12.0. The number of ether oxygens (including phenoxy) is 1. The van der Waals surface area contributed by atoms with Gasteiger partial charge >= 0.3 is 0 Å². The highest BCUT2D eigenvalue weighted by Gasteiger charge is 2.25. The predicted molar refractivity (Wildman–Crippen MR) is 138 cm³/mol. The number of carbonyl (C=O) groups is 1. The number of fused-ring (bicyclic) bond motifs is 1. The number of aryl methyl sites for hydroxylation is 1. The number of nitrogens with zero attached hydrogens (tertiary/aromatic N) is 3. The van der Waals surface area contributed by atoms with E-state index in [-0.39, 0.29) is 11.5 Å². The highest BCUT2D eigenvalue weighted by Crippen LogP contribution is 2.28. The van der Waals surface area contributed by atoms with Gasteiger partial charge in [-0.15, -0.1) is 0 Å². The van der Waals surface area contributed by atoms with E-state index in [4.69, 9.17) is 9.72 Å². The van der Waals surface area contributed by atoms with Gasteiger partial charge in [-0.1, -0.05) is 57.2 Å². The molecule has 0 aliphatic carbocycles. The van der Waals surface area contributed by atoms with Crippen molar-refractivity contribution in [3.05, 3.63) is 64.2 Å². The van der Waals surface area contributed by atoms with E-state index in [0.717, 1.165) is 18.4 Å². The van der Waals surface area contributed by atoms with Gasteiger partial charge in [0.15, 0.2) is 0 Å². The van der Waals surface area contributed by atoms with E-state index >= 15 is 0 Å². The van der Waals surface area contributed by atoms with E-state index in [1.165, 1.54) is 25.7 Å². The van der Waals surface area contributed by atoms with Crippen LogP contribution in [-0.4, -0.2) is 34.5 Å². The first-order chi connectivity index (χ1) is 16.4. The van der Waals surface area contributed by atoms with E-state index in [9.17, 15) is 9.59 Å². The summed E-state index contributed by atoms with van der Waals surface area (Å²) in [6, 6.07) is 12.7. The van der Waals surface area contributed by atoms with Crippen LogP contribution in [0, 0.1) is 6.92 Å². The SMILES string of the molecule is CCCCCCCCC(=O)N(C)C(C)c1nc2ccccc2c(=O)n1-c1cc(C)ccc1OC. The van der Waals surface area contributed by atoms with Crippen molar-refractivity contribution < 1.29 is 9.53 Å². The number of hydrogen-bond acceptors (Lipinski definition) is 4. The van der Waals surface area contributed by atoms with Gasteiger partial charge in [-0.25, -0.2) is 4.98 Å². The number of para-hydroxylation sites is 1. The van der Waals surface area contributed by atoms with E-state index < -0.39 is 6.04 Å². The third-order valence-corrected chi connectivity index (χ3v) is 6.47. The van der Waals surface area contributed by atoms with Crippen LogP contribution >= 0.6 is 0 Å². The maximum atomic E-state index is 13.7. The highest BCUT2D eigenvalue weighted by atomic mass is 16.5. The Balaban J connectivity index is 1.98. The van der Waals surface area contributed by atoms with E-state index in [1.807, 2.05) is 50.2 Å². The topological polar surface area (TPSA) is 64.4 Å². The second-order valence-electron chi connectivity index (χ2n) is 9.00. The molecular formula is C28H37N3O3. The molecule has 6 heteroatoms. The molecule has 0 saturated heterocycles. The summed E-state index contributed by atoms with van der Waals surface area (Å²) in [5.74, 6) is 1.17. The zero-order valence-corrected chi connectivity index (χ0v) is 21.1. The first-order valence-corrected chi connectivity index (χ1v) is 12.3. The molecule has 0 aliphatic rings. The van der Waals surface area contributed by atoms with Crippen LogP contribution in [0.3, 0.4) is 0 Å². The molecule has 3 aromatic rings. The predicted octanol–water partition coefficient (Wildman–Crippen LogP) is 5.97. The molecule has 0 saturated carbocycles. The van der Waals surface area contributed by atoms with Crippen LogP contribution in [0.25, 0.3) is 16.6 Å². The van der Waals surface area contributed by atoms with Crippen LogP contribution < -0.4 is 10.3 Å². The quantitative estimate of drug-likeness (QED) is 0.329. The molecule has 1 atom stereocenters. The van der Waals surface area contributed by atoms with Crippen LogP contribution in [0.15, 0.2) is 47.3 Å². The number of aromatic nitrogens is 2. The summed E-state index contributed by atoms with van der Waals surface area (Å²) in [6.45, 7) is 6.10. The van der Waals surface area contributed by atoms with Gasteiger partial charge in [0.05, 0.1) is 29.7 Å². The molecule has 0 aliphatic heterocycles. The fraction of sp³-hybridized carbons (Fsp3) is 0.464. The van der Waals surface area contributed by atoms with Crippen molar-refractivity contribution in [3.63, 3.8) is 0 Å². The molecule has 1 unspecified atom stereocenters. The highest BCUT2D eigenvalue weighted by molar-refractivity contribution is 5.79. The van der Waals surface area contributed by atoms with Crippen molar-refractivity contribution in [2.24, 2.45) is 0 Å². The fourth-order valence-electron chi connectivity index (χ4n) is 4.26. The number of hydrogen-bond donors (Lipinski definition) is 0. The lowest BCUT2D eigenvalue weighted by atomic mass is 10.1. The summed E-state index contributed by atoms with van der Waals surface area (Å²) in [6.07, 6.45) is 7.29. The number of carbonyl (C=O) groups excluding carboxylic acids is 1. The Morgan fingerprint density at radius 1 is 1.09 bits per heavy atom. The monoisotopic (exact) mass is 463 g/mol. The molecule has 1 heterocycles. The lowest BCUT2D eigenvalue weighted by molar-refractivity contribution is -0.132. The maximum absolute atomic E-state index is 13.7. The maximum Gasteiger partial charge on any atom is 0.266 e. The van der Waals surface area contributed by atoms with E-state index in [1.54, 1.807) is 29.7 Å². The summed E-state index contributed by atoms with van der Waals surface area (Å²) in [4.78, 5) is 33.3. The molecular weight excluding hydrogens is 426 g/mol. The molecule has 1 aromatic heterocycles. The first kappa shape index (κ1) is 25.5. The molecule has 0 fully saturated rings. The third kappa shape index (κ3) is 5.66. The van der Waals surface area contributed by atoms with Gasteiger partial charge in [0.25, 0.3) is 5.56 Å². The Morgan fingerprint density at radius 3 is 2.53 bits per heavy atom. The average molecular weight is 464 g/mol. The zero-order valence-electron chi connectivity index (χ0n) is 21.1. The standard InChI is InChI=1S/C28H37N3O3/c1-6-7-8-9-10-11-16-26(32)30(4)21(3)27-29-23-15-13-12-14-22(23)28(33)31(27)24-19-20(2)17-18-25(24)34-5/h12-15,17-19,21H,6-11,16H2,1-5H3. The molecule has 0 N–H and O–H groups in total. The minimum Gasteiger partial charge on any atom is -0.495 e. The van der Waals surface area contributed by atoms with Crippen molar-refractivity contribution in [1.29, 1.82) is 0 Å². The fourth-order valence-corrected chi connectivity index (χ4v) is 4.26. The summed E-state index contributed by atoms with van der Waals surface area (Å²) in [7, 11) is 3.39. The van der Waals surface area contributed by atoms with E-state index in [0.29, 0.717) is 34.6 Å². The molecule has 0 spiro atoms. The third-order valence-electron chi connectivity index (χ3n) is 6.47. The van der Waals surface area contributed by atoms with Gasteiger partial charge in [0.2, 0.25) is 5.91 Å². The zero-order chi connectivity index (χ0) is 24.7. The van der Waals surface area contributed by atoms with Crippen LogP contribution in [0.1, 0.15) is 76.2 Å². The molecule has 182 valence electrons. The number of amides is 1. The Hall–Kier alpha value is -3.15. The van der Waals surface area contributed by atoms with Crippen LogP contribution in [0.5, 0.6) is 5.75 Å². The first-order valence-electron chi connectivity index (χ1n) is 12.3. The van der Waals surface area contributed by atoms with Crippen molar-refractivity contribution in [2.45, 2.75) is 71.8 Å². The smallest absolute Gasteiger partial charge is 0.266 e. The summed E-state index contributed by atoms with van der Waals surface area (Å²) in [5.41, 5.74) is 2.08. The average Bonchev–Trinajstić information content (AvgIpc) is 2.85. The molecule has 34 heavy (non-hydrogen) atoms. The molecule has 1 amide bonds. The van der Waals surface area contributed by atoms with Gasteiger partial charge in [-0.3, -0.25) is 14.2 Å². The van der Waals surface area contributed by atoms with Gasteiger partial charge < -0.3 is 9.64 Å². The largest absolute Gasteiger partial charge is 0.495 e. The molecule has 6 nitrogen and oxygen atoms in total. The van der Waals surface area contributed by atoms with Crippen LogP contribution in [0.2, 0.25) is 0 Å². The van der Waals surface area contributed by atoms with Crippen LogP contribution in [-0.2, 0) is 4.79 Å². The Morgan fingerprint density at radius 2 is 1.79 bits per heavy atom. The second kappa shape index (κ2) is 11.8. The number of methoxy groups -OCH3 is 1. The lowest BCUT2D eigenvalue weighted by Crippen LogP contribution is -2.35. The summed E-state index contributed by atoms with van der Waals surface area (Å²) < 4.78 is 7.19. The van der Waals surface area contributed by atoms with Gasteiger partial charge in [0.1, 0.15) is 11.6 Å². The molecule has 3 rings (SSSR count). The minimum atomic E-state index is -0.393. The van der Waals surface area contributed by atoms with Crippen molar-refractivity contribution in [2.75, 3.05) is 14.2 Å². The Labute approximate surface area is 202 Å². The Bertz CT molecular complexity index is 1190. The Kier molecular flexibility index (Phi) is 8.85. The van der Waals surface area contributed by atoms with Gasteiger partial charge in [0, 0.05) is 13.5 Å². The summed E-state index contributed by atoms with van der Waals surface area (Å²) >= 11 is 0. The molecule has 0 radical (unpaired) electrons. The van der Waals surface area contributed by atoms with Crippen molar-refractivity contribution >= 4 is 16.8 Å². The number of unbranched alkanes of at least 4 members (excludes halogenated alkanes) is 5.